The summed E-state index contributed by atoms with van der Waals surface area (Å²) in [5.74, 6) is 0.681. The average molecular weight is 282 g/mol. The van der Waals surface area contributed by atoms with E-state index in [1.807, 2.05) is 36.4 Å². The summed E-state index contributed by atoms with van der Waals surface area (Å²) in [5.41, 5.74) is 2.35. The van der Waals surface area contributed by atoms with Crippen LogP contribution in [0.3, 0.4) is 0 Å². The molecule has 1 aliphatic rings. The van der Waals surface area contributed by atoms with E-state index in [0.717, 1.165) is 30.2 Å². The normalized spacial score (nSPS) is 14.2. The van der Waals surface area contributed by atoms with Crippen molar-refractivity contribution in [2.45, 2.75) is 12.8 Å². The van der Waals surface area contributed by atoms with E-state index in [2.05, 4.69) is 4.90 Å². The van der Waals surface area contributed by atoms with Crippen molar-refractivity contribution < 1.29 is 9.53 Å². The molecule has 3 rings (SSSR count). The van der Waals surface area contributed by atoms with Gasteiger partial charge in [-0.25, -0.2) is 9.78 Å². The predicted molar refractivity (Wildman–Crippen MR) is 82.5 cm³/mol. The van der Waals surface area contributed by atoms with E-state index in [1.54, 1.807) is 6.07 Å². The lowest BCUT2D eigenvalue weighted by atomic mass is 10.1. The van der Waals surface area contributed by atoms with Crippen LogP contribution in [0.5, 0.6) is 0 Å². The van der Waals surface area contributed by atoms with Gasteiger partial charge in [0.05, 0.1) is 18.4 Å². The van der Waals surface area contributed by atoms with Gasteiger partial charge in [-0.3, -0.25) is 0 Å². The van der Waals surface area contributed by atoms with Crippen LogP contribution >= 0.6 is 0 Å². The second-order valence-electron chi connectivity index (χ2n) is 5.15. The fraction of sp³-hybridized carbons (Fsp3) is 0.294. The minimum atomic E-state index is -0.326. The number of benzene rings is 1. The Hall–Kier alpha value is -2.36. The molecule has 0 amide bonds. The van der Waals surface area contributed by atoms with Crippen molar-refractivity contribution in [3.8, 4) is 11.3 Å². The van der Waals surface area contributed by atoms with Gasteiger partial charge < -0.3 is 9.64 Å². The number of carbonyl (C=O) groups is 1. The molecule has 0 unspecified atom stereocenters. The van der Waals surface area contributed by atoms with Crippen LogP contribution in [-0.2, 0) is 4.74 Å². The van der Waals surface area contributed by atoms with Crippen molar-refractivity contribution in [1.29, 1.82) is 0 Å². The van der Waals surface area contributed by atoms with Gasteiger partial charge in [-0.2, -0.15) is 0 Å². The molecule has 4 heteroatoms. The highest BCUT2D eigenvalue weighted by atomic mass is 16.5. The summed E-state index contributed by atoms with van der Waals surface area (Å²) in [5, 5.41) is 0. The molecule has 0 spiro atoms. The van der Waals surface area contributed by atoms with E-state index >= 15 is 0 Å². The number of carbonyl (C=O) groups excluding carboxylic acids is 1. The van der Waals surface area contributed by atoms with Gasteiger partial charge >= 0.3 is 5.97 Å². The van der Waals surface area contributed by atoms with Gasteiger partial charge in [0, 0.05) is 18.7 Å². The van der Waals surface area contributed by atoms with E-state index in [4.69, 9.17) is 9.72 Å². The maximum Gasteiger partial charge on any atom is 0.337 e. The van der Waals surface area contributed by atoms with Crippen LogP contribution in [0.2, 0.25) is 0 Å². The van der Waals surface area contributed by atoms with Crippen molar-refractivity contribution >= 4 is 11.8 Å². The van der Waals surface area contributed by atoms with Crippen molar-refractivity contribution in [3.63, 3.8) is 0 Å². The first-order chi connectivity index (χ1) is 10.3. The number of nitrogens with zero attached hydrogens (tertiary/aromatic N) is 2. The van der Waals surface area contributed by atoms with Crippen LogP contribution < -0.4 is 4.90 Å². The first-order valence-electron chi connectivity index (χ1n) is 7.19. The minimum Gasteiger partial charge on any atom is -0.465 e. The molecule has 0 radical (unpaired) electrons. The van der Waals surface area contributed by atoms with Gasteiger partial charge in [-0.05, 0) is 37.1 Å². The summed E-state index contributed by atoms with van der Waals surface area (Å²) in [6.07, 6.45) is 2.45. The lowest BCUT2D eigenvalue weighted by molar-refractivity contribution is 0.0601. The summed E-state index contributed by atoms with van der Waals surface area (Å²) in [7, 11) is 1.39. The maximum atomic E-state index is 11.6. The first-order valence-corrected chi connectivity index (χ1v) is 7.19. The molecule has 0 saturated carbocycles. The van der Waals surface area contributed by atoms with Gasteiger partial charge in [-0.15, -0.1) is 0 Å². The molecule has 4 nitrogen and oxygen atoms in total. The number of pyridine rings is 1. The Morgan fingerprint density at radius 1 is 1.14 bits per heavy atom. The Bertz CT molecular complexity index is 649. The Morgan fingerprint density at radius 3 is 2.67 bits per heavy atom. The van der Waals surface area contributed by atoms with E-state index < -0.39 is 0 Å². The van der Waals surface area contributed by atoms with Gasteiger partial charge in [0.15, 0.2) is 0 Å². The molecule has 0 N–H and O–H groups in total. The molecule has 21 heavy (non-hydrogen) atoms. The highest BCUT2D eigenvalue weighted by Gasteiger charge is 2.14. The second-order valence-corrected chi connectivity index (χ2v) is 5.15. The summed E-state index contributed by atoms with van der Waals surface area (Å²) < 4.78 is 4.76. The van der Waals surface area contributed by atoms with E-state index in [1.165, 1.54) is 20.0 Å². The van der Waals surface area contributed by atoms with Crippen molar-refractivity contribution in [1.82, 2.24) is 4.98 Å². The van der Waals surface area contributed by atoms with Crippen LogP contribution in [0.25, 0.3) is 11.3 Å². The number of hydrogen-bond acceptors (Lipinski definition) is 4. The predicted octanol–water partition coefficient (Wildman–Crippen LogP) is 3.14. The lowest BCUT2D eigenvalue weighted by Gasteiger charge is -2.17. The van der Waals surface area contributed by atoms with Crippen LogP contribution in [0.15, 0.2) is 42.5 Å². The highest BCUT2D eigenvalue weighted by molar-refractivity contribution is 5.90. The van der Waals surface area contributed by atoms with Gasteiger partial charge in [0.2, 0.25) is 0 Å². The number of rotatable bonds is 3. The molecular formula is C17H18N2O2. The Balaban J connectivity index is 1.93. The van der Waals surface area contributed by atoms with Crippen LogP contribution in [-0.4, -0.2) is 31.2 Å². The molecule has 1 aliphatic heterocycles. The minimum absolute atomic E-state index is 0.326. The Kier molecular flexibility index (Phi) is 3.86. The smallest absolute Gasteiger partial charge is 0.337 e. The van der Waals surface area contributed by atoms with Crippen LogP contribution in [0, 0.1) is 0 Å². The number of esters is 1. The van der Waals surface area contributed by atoms with E-state index in [-0.39, 0.29) is 5.97 Å². The number of methoxy groups -OCH3 is 1. The fourth-order valence-electron chi connectivity index (χ4n) is 2.63. The standard InChI is InChI=1S/C17H18N2O2/c1-21-17(20)14-7-4-6-13(12-14)15-8-5-9-16(18-15)19-10-2-3-11-19/h4-9,12H,2-3,10-11H2,1H3. The quantitative estimate of drug-likeness (QED) is 0.811. The van der Waals surface area contributed by atoms with Crippen LogP contribution in [0.1, 0.15) is 23.2 Å². The molecule has 1 saturated heterocycles. The summed E-state index contributed by atoms with van der Waals surface area (Å²) in [6.45, 7) is 2.14. The maximum absolute atomic E-state index is 11.6. The van der Waals surface area contributed by atoms with Crippen LogP contribution in [0.4, 0.5) is 5.82 Å². The third kappa shape index (κ3) is 2.89. The average Bonchev–Trinajstić information content (AvgIpc) is 3.09. The lowest BCUT2D eigenvalue weighted by Crippen LogP contribution is -2.18. The largest absolute Gasteiger partial charge is 0.465 e. The molecule has 1 aromatic heterocycles. The number of aromatic nitrogens is 1. The fourth-order valence-corrected chi connectivity index (χ4v) is 2.63. The SMILES string of the molecule is COC(=O)c1cccc(-c2cccc(N3CCCC3)n2)c1. The number of anilines is 1. The van der Waals surface area contributed by atoms with Crippen molar-refractivity contribution in [2.24, 2.45) is 0 Å². The zero-order chi connectivity index (χ0) is 14.7. The van der Waals surface area contributed by atoms with Gasteiger partial charge in [-0.1, -0.05) is 18.2 Å². The molecule has 2 aromatic rings. The molecule has 0 aliphatic carbocycles. The van der Waals surface area contributed by atoms with E-state index in [9.17, 15) is 4.79 Å². The third-order valence-corrected chi connectivity index (χ3v) is 3.74. The zero-order valence-electron chi connectivity index (χ0n) is 12.1. The Morgan fingerprint density at radius 2 is 1.90 bits per heavy atom. The first kappa shape index (κ1) is 13.6. The van der Waals surface area contributed by atoms with Crippen molar-refractivity contribution in [3.05, 3.63) is 48.0 Å². The molecule has 1 aromatic carbocycles. The second kappa shape index (κ2) is 5.95. The molecule has 0 bridgehead atoms. The monoisotopic (exact) mass is 282 g/mol. The number of hydrogen-bond donors (Lipinski definition) is 0. The molecule has 0 atom stereocenters. The van der Waals surface area contributed by atoms with E-state index in [0.29, 0.717) is 5.56 Å². The molecule has 1 fully saturated rings. The third-order valence-electron chi connectivity index (χ3n) is 3.74. The summed E-state index contributed by atoms with van der Waals surface area (Å²) >= 11 is 0. The molecular weight excluding hydrogens is 264 g/mol. The van der Waals surface area contributed by atoms with Crippen molar-refractivity contribution in [2.75, 3.05) is 25.1 Å². The molecule has 2 heterocycles. The Labute approximate surface area is 124 Å². The summed E-state index contributed by atoms with van der Waals surface area (Å²) in [4.78, 5) is 18.6. The van der Waals surface area contributed by atoms with Gasteiger partial charge in [0.25, 0.3) is 0 Å². The zero-order valence-corrected chi connectivity index (χ0v) is 12.1. The topological polar surface area (TPSA) is 42.4 Å². The van der Waals surface area contributed by atoms with Gasteiger partial charge in [0.1, 0.15) is 5.82 Å². The molecule has 108 valence electrons. The highest BCUT2D eigenvalue weighted by Crippen LogP contribution is 2.24. The summed E-state index contributed by atoms with van der Waals surface area (Å²) in [6, 6.07) is 13.4. The number of ether oxygens (including phenoxy) is 1.